The molecule has 0 saturated carbocycles. The van der Waals surface area contributed by atoms with Crippen LogP contribution in [0.3, 0.4) is 0 Å². The molecule has 26 heavy (non-hydrogen) atoms. The van der Waals surface area contributed by atoms with Gasteiger partial charge in [0.1, 0.15) is 0 Å². The Hall–Kier alpha value is -2.52. The minimum atomic E-state index is -0.106. The van der Waals surface area contributed by atoms with Crippen molar-refractivity contribution in [1.29, 1.82) is 0 Å². The van der Waals surface area contributed by atoms with Gasteiger partial charge in [-0.3, -0.25) is 14.4 Å². The molecule has 0 unspecified atom stereocenters. The van der Waals surface area contributed by atoms with Crippen LogP contribution in [-0.4, -0.2) is 43.9 Å². The van der Waals surface area contributed by atoms with E-state index in [1.165, 1.54) is 11.8 Å². The zero-order valence-electron chi connectivity index (χ0n) is 13.7. The molecule has 0 bridgehead atoms. The third-order valence-corrected chi connectivity index (χ3v) is 5.37. The average molecular weight is 385 g/mol. The van der Waals surface area contributed by atoms with Crippen LogP contribution in [0.25, 0.3) is 17.3 Å². The Morgan fingerprint density at radius 3 is 2.85 bits per heavy atom. The molecule has 7 nitrogen and oxygen atoms in total. The molecule has 0 aliphatic carbocycles. The predicted molar refractivity (Wildman–Crippen MR) is 103 cm³/mol. The lowest BCUT2D eigenvalue weighted by Crippen LogP contribution is -2.29. The number of benzene rings is 1. The van der Waals surface area contributed by atoms with Crippen molar-refractivity contribution in [3.63, 3.8) is 0 Å². The van der Waals surface area contributed by atoms with Gasteiger partial charge in [-0.25, -0.2) is 0 Å². The van der Waals surface area contributed by atoms with Gasteiger partial charge in [0.25, 0.3) is 0 Å². The van der Waals surface area contributed by atoms with E-state index in [1.807, 2.05) is 41.0 Å². The molecule has 0 spiro atoms. The highest BCUT2D eigenvalue weighted by atomic mass is 32.2. The van der Waals surface area contributed by atoms with Crippen LogP contribution in [0.5, 0.6) is 0 Å². The zero-order chi connectivity index (χ0) is 17.8. The summed E-state index contributed by atoms with van der Waals surface area (Å²) in [5.74, 6) is 2.25. The summed E-state index contributed by atoms with van der Waals surface area (Å²) in [5.41, 5.74) is 0.905. The van der Waals surface area contributed by atoms with Gasteiger partial charge in [-0.1, -0.05) is 41.7 Å². The first kappa shape index (κ1) is 16.9. The van der Waals surface area contributed by atoms with E-state index < -0.39 is 0 Å². The van der Waals surface area contributed by atoms with Gasteiger partial charge < -0.3 is 9.73 Å². The molecule has 1 N–H and O–H groups in total. The van der Waals surface area contributed by atoms with Crippen molar-refractivity contribution >= 4 is 34.6 Å². The standard InChI is InChI=1S/C17H15N5O2S2/c23-14(19-16-18-8-10-25-16)11-26-17-21-20-15(13-7-4-9-24-13)22(17)12-5-2-1-3-6-12/h1-7,9H,8,10-11H2,(H,18,19,23). The van der Waals surface area contributed by atoms with Crippen molar-refractivity contribution in [2.75, 3.05) is 18.1 Å². The van der Waals surface area contributed by atoms with Crippen molar-refractivity contribution in [3.8, 4) is 17.3 Å². The van der Waals surface area contributed by atoms with Gasteiger partial charge in [0.15, 0.2) is 16.1 Å². The Morgan fingerprint density at radius 1 is 1.23 bits per heavy atom. The SMILES string of the molecule is O=C(CSc1nnc(-c2ccco2)n1-c1ccccc1)NC1=NCCS1. The van der Waals surface area contributed by atoms with Gasteiger partial charge >= 0.3 is 0 Å². The molecule has 4 rings (SSSR count). The molecule has 1 amide bonds. The Bertz CT molecular complexity index is 922. The second-order valence-corrected chi connectivity index (χ2v) is 7.35. The Kier molecular flexibility index (Phi) is 5.07. The Labute approximate surface area is 158 Å². The van der Waals surface area contributed by atoms with Crippen molar-refractivity contribution in [3.05, 3.63) is 48.7 Å². The summed E-state index contributed by atoms with van der Waals surface area (Å²) >= 11 is 2.88. The van der Waals surface area contributed by atoms with E-state index in [0.717, 1.165) is 18.0 Å². The number of furan rings is 1. The fourth-order valence-electron chi connectivity index (χ4n) is 2.43. The monoisotopic (exact) mass is 385 g/mol. The third-order valence-electron chi connectivity index (χ3n) is 3.55. The molecule has 132 valence electrons. The molecular formula is C17H15N5O2S2. The minimum Gasteiger partial charge on any atom is -0.461 e. The van der Waals surface area contributed by atoms with Crippen molar-refractivity contribution < 1.29 is 9.21 Å². The number of aromatic nitrogens is 3. The molecule has 0 radical (unpaired) electrons. The highest BCUT2D eigenvalue weighted by Gasteiger charge is 2.19. The van der Waals surface area contributed by atoms with E-state index in [-0.39, 0.29) is 11.7 Å². The van der Waals surface area contributed by atoms with E-state index in [4.69, 9.17) is 4.42 Å². The smallest absolute Gasteiger partial charge is 0.236 e. The molecule has 1 aliphatic heterocycles. The van der Waals surface area contributed by atoms with Crippen LogP contribution in [0.2, 0.25) is 0 Å². The van der Waals surface area contributed by atoms with E-state index in [1.54, 1.807) is 24.1 Å². The first-order valence-electron chi connectivity index (χ1n) is 7.96. The van der Waals surface area contributed by atoms with Crippen molar-refractivity contribution in [2.24, 2.45) is 4.99 Å². The van der Waals surface area contributed by atoms with Crippen LogP contribution in [0, 0.1) is 0 Å². The Morgan fingerprint density at radius 2 is 2.12 bits per heavy atom. The molecule has 3 heterocycles. The van der Waals surface area contributed by atoms with E-state index in [0.29, 0.717) is 21.9 Å². The number of para-hydroxylation sites is 1. The molecule has 0 saturated heterocycles. The number of amidine groups is 1. The number of hydrogen-bond acceptors (Lipinski definition) is 7. The number of carbonyl (C=O) groups is 1. The van der Waals surface area contributed by atoms with E-state index in [2.05, 4.69) is 20.5 Å². The van der Waals surface area contributed by atoms with Crippen molar-refractivity contribution in [1.82, 2.24) is 20.1 Å². The summed E-state index contributed by atoms with van der Waals surface area (Å²) in [6.45, 7) is 0.752. The van der Waals surface area contributed by atoms with Gasteiger partial charge in [-0.2, -0.15) is 0 Å². The summed E-state index contributed by atoms with van der Waals surface area (Å²) < 4.78 is 7.37. The predicted octanol–water partition coefficient (Wildman–Crippen LogP) is 2.84. The molecule has 0 fully saturated rings. The molecule has 1 aromatic carbocycles. The largest absolute Gasteiger partial charge is 0.461 e. The molecule has 3 aromatic rings. The molecule has 0 atom stereocenters. The number of hydrogen-bond donors (Lipinski definition) is 1. The summed E-state index contributed by atoms with van der Waals surface area (Å²) in [6.07, 6.45) is 1.60. The van der Waals surface area contributed by atoms with Gasteiger partial charge in [0.05, 0.1) is 18.6 Å². The lowest BCUT2D eigenvalue weighted by atomic mass is 10.3. The molecule has 2 aromatic heterocycles. The van der Waals surface area contributed by atoms with Crippen LogP contribution < -0.4 is 5.32 Å². The lowest BCUT2D eigenvalue weighted by Gasteiger charge is -2.09. The normalized spacial score (nSPS) is 13.6. The van der Waals surface area contributed by atoms with Crippen LogP contribution in [0.15, 0.2) is 63.3 Å². The Balaban J connectivity index is 1.57. The van der Waals surface area contributed by atoms with Crippen LogP contribution in [0.1, 0.15) is 0 Å². The van der Waals surface area contributed by atoms with Gasteiger partial charge in [-0.15, -0.1) is 10.2 Å². The fourth-order valence-corrected chi connectivity index (χ4v) is 3.93. The number of thioether (sulfide) groups is 2. The van der Waals surface area contributed by atoms with Crippen molar-refractivity contribution in [2.45, 2.75) is 5.16 Å². The number of carbonyl (C=O) groups excluding carboxylic acids is 1. The molecule has 9 heteroatoms. The van der Waals surface area contributed by atoms with Crippen LogP contribution in [-0.2, 0) is 4.79 Å². The second kappa shape index (κ2) is 7.79. The lowest BCUT2D eigenvalue weighted by molar-refractivity contribution is -0.117. The topological polar surface area (TPSA) is 85.3 Å². The van der Waals surface area contributed by atoms with Crippen LogP contribution in [0.4, 0.5) is 0 Å². The second-order valence-electron chi connectivity index (χ2n) is 5.33. The summed E-state index contributed by atoms with van der Waals surface area (Å²) in [6, 6.07) is 13.4. The molecular weight excluding hydrogens is 370 g/mol. The zero-order valence-corrected chi connectivity index (χ0v) is 15.3. The van der Waals surface area contributed by atoms with E-state index >= 15 is 0 Å². The van der Waals surface area contributed by atoms with Crippen LogP contribution >= 0.6 is 23.5 Å². The first-order chi connectivity index (χ1) is 12.8. The van der Waals surface area contributed by atoms with Gasteiger partial charge in [0, 0.05) is 11.4 Å². The van der Waals surface area contributed by atoms with Gasteiger partial charge in [-0.05, 0) is 24.3 Å². The molecule has 1 aliphatic rings. The third kappa shape index (κ3) is 3.68. The number of nitrogens with zero attached hydrogens (tertiary/aromatic N) is 4. The highest BCUT2D eigenvalue weighted by Crippen LogP contribution is 2.28. The maximum Gasteiger partial charge on any atom is 0.236 e. The number of rotatable bonds is 5. The number of aliphatic imine (C=N–C) groups is 1. The maximum absolute atomic E-state index is 12.2. The maximum atomic E-state index is 12.2. The fraction of sp³-hybridized carbons (Fsp3) is 0.176. The average Bonchev–Trinajstić information content (AvgIpc) is 3.41. The highest BCUT2D eigenvalue weighted by molar-refractivity contribution is 8.14. The summed E-state index contributed by atoms with van der Waals surface area (Å²) in [5, 5.41) is 12.6. The minimum absolute atomic E-state index is 0.106. The summed E-state index contributed by atoms with van der Waals surface area (Å²) in [7, 11) is 0. The van der Waals surface area contributed by atoms with Gasteiger partial charge in [0.2, 0.25) is 11.7 Å². The summed E-state index contributed by atoms with van der Waals surface area (Å²) in [4.78, 5) is 16.4. The quantitative estimate of drug-likeness (QED) is 0.680. The number of nitrogens with one attached hydrogen (secondary N) is 1. The first-order valence-corrected chi connectivity index (χ1v) is 9.93. The van der Waals surface area contributed by atoms with E-state index in [9.17, 15) is 4.79 Å². The number of amides is 1.